The number of halogens is 1. The van der Waals surface area contributed by atoms with E-state index < -0.39 is 20.7 Å². The highest BCUT2D eigenvalue weighted by molar-refractivity contribution is 7.92. The summed E-state index contributed by atoms with van der Waals surface area (Å²) in [4.78, 5) is 16.5. The Hall–Kier alpha value is -3.39. The van der Waals surface area contributed by atoms with E-state index in [9.17, 15) is 17.6 Å². The first-order valence-corrected chi connectivity index (χ1v) is 11.4. The van der Waals surface area contributed by atoms with Gasteiger partial charge >= 0.3 is 0 Å². The zero-order chi connectivity index (χ0) is 21.8. The number of amides is 1. The molecule has 31 heavy (non-hydrogen) atoms. The number of rotatable bonds is 5. The molecule has 0 spiro atoms. The van der Waals surface area contributed by atoms with Crippen LogP contribution in [0.4, 0.5) is 15.8 Å². The Labute approximate surface area is 181 Å². The number of hydrogen-bond acceptors (Lipinski definition) is 4. The minimum atomic E-state index is -4.11. The van der Waals surface area contributed by atoms with Crippen molar-refractivity contribution in [1.29, 1.82) is 0 Å². The lowest BCUT2D eigenvalue weighted by molar-refractivity contribution is 0.0747. The highest BCUT2D eigenvalue weighted by atomic mass is 32.2. The van der Waals surface area contributed by atoms with Gasteiger partial charge in [0.15, 0.2) is 0 Å². The van der Waals surface area contributed by atoms with Gasteiger partial charge in [-0.05, 0) is 42.5 Å². The summed E-state index contributed by atoms with van der Waals surface area (Å²) in [6, 6.07) is 21.4. The number of piperazine rings is 1. The average Bonchev–Trinajstić information content (AvgIpc) is 2.79. The Morgan fingerprint density at radius 1 is 0.839 bits per heavy atom. The van der Waals surface area contributed by atoms with Crippen molar-refractivity contribution in [2.24, 2.45) is 0 Å². The summed E-state index contributed by atoms with van der Waals surface area (Å²) in [5.74, 6) is -1.00. The minimum absolute atomic E-state index is 0.167. The first kappa shape index (κ1) is 20.9. The van der Waals surface area contributed by atoms with Gasteiger partial charge in [-0.15, -0.1) is 0 Å². The molecule has 6 nitrogen and oxygen atoms in total. The number of nitrogens with zero attached hydrogens (tertiary/aromatic N) is 2. The van der Waals surface area contributed by atoms with Gasteiger partial charge in [-0.1, -0.05) is 36.4 Å². The van der Waals surface area contributed by atoms with Crippen LogP contribution in [0, 0.1) is 5.82 Å². The molecule has 0 aromatic heterocycles. The third kappa shape index (κ3) is 4.69. The topological polar surface area (TPSA) is 69.7 Å². The van der Waals surface area contributed by atoms with Crippen LogP contribution in [0.5, 0.6) is 0 Å². The quantitative estimate of drug-likeness (QED) is 0.660. The van der Waals surface area contributed by atoms with E-state index in [0.717, 1.165) is 24.8 Å². The number of anilines is 2. The van der Waals surface area contributed by atoms with E-state index in [4.69, 9.17) is 0 Å². The molecule has 0 aliphatic carbocycles. The van der Waals surface area contributed by atoms with Crippen LogP contribution in [0.3, 0.4) is 0 Å². The lowest BCUT2D eigenvalue weighted by atomic mass is 10.1. The molecule has 0 bridgehead atoms. The summed E-state index contributed by atoms with van der Waals surface area (Å²) >= 11 is 0. The van der Waals surface area contributed by atoms with Crippen LogP contribution >= 0.6 is 0 Å². The molecule has 0 atom stereocenters. The molecule has 1 heterocycles. The Balaban J connectivity index is 1.45. The number of nitrogens with one attached hydrogen (secondary N) is 1. The summed E-state index contributed by atoms with van der Waals surface area (Å²) in [6.07, 6.45) is 0. The molecular formula is C23H22FN3O3S. The minimum Gasteiger partial charge on any atom is -0.368 e. The maximum atomic E-state index is 13.9. The Kier molecular flexibility index (Phi) is 5.90. The summed E-state index contributed by atoms with van der Waals surface area (Å²) in [5, 5.41) is 0. The monoisotopic (exact) mass is 439 g/mol. The Morgan fingerprint density at radius 3 is 2.23 bits per heavy atom. The van der Waals surface area contributed by atoms with Crippen molar-refractivity contribution < 1.29 is 17.6 Å². The van der Waals surface area contributed by atoms with E-state index in [1.54, 1.807) is 17.0 Å². The van der Waals surface area contributed by atoms with E-state index in [-0.39, 0.29) is 11.6 Å². The smallest absolute Gasteiger partial charge is 0.264 e. The highest BCUT2D eigenvalue weighted by Crippen LogP contribution is 2.21. The molecule has 1 N–H and O–H groups in total. The number of sulfonamides is 1. The molecule has 8 heteroatoms. The van der Waals surface area contributed by atoms with Crippen molar-refractivity contribution >= 4 is 27.3 Å². The van der Waals surface area contributed by atoms with Crippen LogP contribution in [-0.4, -0.2) is 45.4 Å². The van der Waals surface area contributed by atoms with Crippen molar-refractivity contribution in [3.63, 3.8) is 0 Å². The van der Waals surface area contributed by atoms with Crippen molar-refractivity contribution in [3.05, 3.63) is 90.2 Å². The Morgan fingerprint density at radius 2 is 1.52 bits per heavy atom. The fourth-order valence-electron chi connectivity index (χ4n) is 3.58. The lowest BCUT2D eigenvalue weighted by Gasteiger charge is -2.36. The van der Waals surface area contributed by atoms with Gasteiger partial charge in [0, 0.05) is 43.1 Å². The predicted molar refractivity (Wildman–Crippen MR) is 118 cm³/mol. The maximum absolute atomic E-state index is 13.9. The molecule has 4 rings (SSSR count). The van der Waals surface area contributed by atoms with Crippen molar-refractivity contribution in [3.8, 4) is 0 Å². The second-order valence-electron chi connectivity index (χ2n) is 7.23. The molecule has 0 unspecified atom stereocenters. The number of carbonyl (C=O) groups is 1. The fourth-order valence-corrected chi connectivity index (χ4v) is 4.71. The molecule has 1 aliphatic rings. The van der Waals surface area contributed by atoms with Crippen LogP contribution in [0.2, 0.25) is 0 Å². The zero-order valence-electron chi connectivity index (χ0n) is 16.7. The zero-order valence-corrected chi connectivity index (χ0v) is 17.6. The van der Waals surface area contributed by atoms with E-state index in [1.807, 2.05) is 30.3 Å². The van der Waals surface area contributed by atoms with Gasteiger partial charge in [-0.2, -0.15) is 0 Å². The number of carbonyl (C=O) groups excluding carboxylic acids is 1. The second-order valence-corrected chi connectivity index (χ2v) is 8.88. The van der Waals surface area contributed by atoms with Crippen molar-refractivity contribution in [2.45, 2.75) is 4.90 Å². The van der Waals surface area contributed by atoms with Gasteiger partial charge in [0.05, 0.1) is 0 Å². The molecular weight excluding hydrogens is 417 g/mol. The van der Waals surface area contributed by atoms with Crippen molar-refractivity contribution in [1.82, 2.24) is 4.90 Å². The van der Waals surface area contributed by atoms with Crippen LogP contribution in [-0.2, 0) is 10.0 Å². The van der Waals surface area contributed by atoms with E-state index >= 15 is 0 Å². The normalized spacial score (nSPS) is 14.4. The molecule has 160 valence electrons. The fraction of sp³-hybridized carbons (Fsp3) is 0.174. The maximum Gasteiger partial charge on any atom is 0.264 e. The molecule has 1 fully saturated rings. The third-order valence-corrected chi connectivity index (χ3v) is 6.59. The first-order chi connectivity index (χ1) is 14.9. The third-order valence-electron chi connectivity index (χ3n) is 5.18. The molecule has 0 saturated carbocycles. The van der Waals surface area contributed by atoms with Crippen LogP contribution in [0.1, 0.15) is 10.4 Å². The van der Waals surface area contributed by atoms with Gasteiger partial charge in [0.1, 0.15) is 10.7 Å². The van der Waals surface area contributed by atoms with Crippen LogP contribution in [0.25, 0.3) is 0 Å². The van der Waals surface area contributed by atoms with Gasteiger partial charge in [-0.3, -0.25) is 9.52 Å². The van der Waals surface area contributed by atoms with Crippen LogP contribution in [0.15, 0.2) is 83.8 Å². The molecule has 0 radical (unpaired) electrons. The van der Waals surface area contributed by atoms with E-state index in [1.165, 1.54) is 30.3 Å². The molecule has 3 aromatic rings. The summed E-state index contributed by atoms with van der Waals surface area (Å²) < 4.78 is 41.3. The summed E-state index contributed by atoms with van der Waals surface area (Å²) in [5.41, 5.74) is 1.71. The molecule has 1 aliphatic heterocycles. The SMILES string of the molecule is O=C(c1cccc(NS(=O)(=O)c2ccccc2F)c1)N1CCN(c2ccccc2)CC1. The van der Waals surface area contributed by atoms with Gasteiger partial charge < -0.3 is 9.80 Å². The second kappa shape index (κ2) is 8.77. The molecule has 1 saturated heterocycles. The standard InChI is InChI=1S/C23H22FN3O3S/c24-21-11-4-5-12-22(21)31(29,30)25-19-8-6-7-18(17-19)23(28)27-15-13-26(14-16-27)20-9-2-1-3-10-20/h1-12,17,25H,13-16H2. The Bertz CT molecular complexity index is 1180. The summed E-state index contributed by atoms with van der Waals surface area (Å²) in [7, 11) is -4.11. The van der Waals surface area contributed by atoms with E-state index in [0.29, 0.717) is 18.7 Å². The van der Waals surface area contributed by atoms with Gasteiger partial charge in [0.25, 0.3) is 15.9 Å². The van der Waals surface area contributed by atoms with Gasteiger partial charge in [-0.25, -0.2) is 12.8 Å². The number of para-hydroxylation sites is 1. The lowest BCUT2D eigenvalue weighted by Crippen LogP contribution is -2.48. The average molecular weight is 440 g/mol. The van der Waals surface area contributed by atoms with Crippen LogP contribution < -0.4 is 9.62 Å². The number of benzene rings is 3. The number of hydrogen-bond donors (Lipinski definition) is 1. The largest absolute Gasteiger partial charge is 0.368 e. The summed E-state index contributed by atoms with van der Waals surface area (Å²) in [6.45, 7) is 2.57. The van der Waals surface area contributed by atoms with Crippen molar-refractivity contribution in [2.75, 3.05) is 35.8 Å². The van der Waals surface area contributed by atoms with Gasteiger partial charge in [0.2, 0.25) is 0 Å². The first-order valence-electron chi connectivity index (χ1n) is 9.91. The molecule has 1 amide bonds. The molecule has 3 aromatic carbocycles. The predicted octanol–water partition coefficient (Wildman–Crippen LogP) is 3.59. The van der Waals surface area contributed by atoms with E-state index in [2.05, 4.69) is 9.62 Å². The highest BCUT2D eigenvalue weighted by Gasteiger charge is 2.23.